The normalized spacial score (nSPS) is 11.4. The molecule has 80 heavy (non-hydrogen) atoms. The fourth-order valence-electron chi connectivity index (χ4n) is 7.67. The number of aromatic nitrogens is 10. The van der Waals surface area contributed by atoms with Crippen molar-refractivity contribution in [3.63, 3.8) is 0 Å². The Hall–Kier alpha value is -10.7. The summed E-state index contributed by atoms with van der Waals surface area (Å²) in [6.45, 7) is 5.33. The van der Waals surface area contributed by atoms with Crippen molar-refractivity contribution in [1.29, 1.82) is 0 Å². The molecule has 12 rings (SSSR count). The number of aliphatic imine (C=N–C) groups is 3. The Morgan fingerprint density at radius 1 is 0.412 bits per heavy atom. The number of nitrogens with one attached hydrogen (secondary N) is 7. The maximum atomic E-state index is 6.26. The van der Waals surface area contributed by atoms with Crippen molar-refractivity contribution in [3.05, 3.63) is 194 Å². The molecule has 5 heterocycles. The number of amidine groups is 3. The molecule has 398 valence electrons. The predicted molar refractivity (Wildman–Crippen MR) is 322 cm³/mol. The molecule has 0 amide bonds. The Morgan fingerprint density at radius 2 is 0.863 bits per heavy atom. The predicted octanol–water partition coefficient (Wildman–Crippen LogP) is 10.8. The Bertz CT molecular complexity index is 4050. The van der Waals surface area contributed by atoms with Crippen LogP contribution in [0.5, 0.6) is 0 Å². The number of hydrogen-bond donors (Lipinski definition) is 10. The minimum atomic E-state index is 0.453. The van der Waals surface area contributed by atoms with E-state index in [1.807, 2.05) is 176 Å². The second-order valence-electron chi connectivity index (χ2n) is 17.1. The van der Waals surface area contributed by atoms with Crippen molar-refractivity contribution in [1.82, 2.24) is 66.3 Å². The van der Waals surface area contributed by atoms with Crippen molar-refractivity contribution in [2.75, 3.05) is 16.0 Å². The molecule has 0 unspecified atom stereocenters. The third kappa shape index (κ3) is 13.8. The lowest BCUT2D eigenvalue weighted by molar-refractivity contribution is 1.01. The first-order valence-corrected chi connectivity index (χ1v) is 25.1. The summed E-state index contributed by atoms with van der Waals surface area (Å²) in [5, 5.41) is 22.3. The van der Waals surface area contributed by atoms with Crippen LogP contribution in [-0.4, -0.2) is 67.6 Å². The third-order valence-electron chi connectivity index (χ3n) is 11.5. The highest BCUT2D eigenvalue weighted by Gasteiger charge is 2.13. The number of halogens is 1. The van der Waals surface area contributed by atoms with E-state index in [-0.39, 0.29) is 0 Å². The van der Waals surface area contributed by atoms with E-state index in [0.29, 0.717) is 63.5 Å². The summed E-state index contributed by atoms with van der Waals surface area (Å²) in [6, 6.07) is 56.1. The first-order valence-electron chi connectivity index (χ1n) is 24.7. The number of benzene rings is 7. The molecule has 12 aromatic rings. The number of fused-ring (bicyclic) bond motifs is 5. The van der Waals surface area contributed by atoms with Crippen LogP contribution >= 0.6 is 11.6 Å². The molecular weight excluding hydrogens is 1030 g/mol. The van der Waals surface area contributed by atoms with Crippen LogP contribution in [0.3, 0.4) is 0 Å². The van der Waals surface area contributed by atoms with Gasteiger partial charge in [0.25, 0.3) is 0 Å². The Labute approximate surface area is 463 Å². The average Bonchev–Trinajstić information content (AvgIpc) is 3.92. The summed E-state index contributed by atoms with van der Waals surface area (Å²) in [5.41, 5.74) is 13.4. The van der Waals surface area contributed by atoms with Gasteiger partial charge in [-0.25, -0.2) is 62.4 Å². The molecule has 13 N–H and O–H groups in total. The second-order valence-corrected chi connectivity index (χ2v) is 17.5. The van der Waals surface area contributed by atoms with E-state index < -0.39 is 0 Å². The molecule has 0 spiro atoms. The van der Waals surface area contributed by atoms with Crippen molar-refractivity contribution in [3.8, 4) is 0 Å². The standard InChI is InChI=1S/C21H15ClN6.C16H16N6.2C10H11N5/c22-15-9-3-6-12-18(15)24-21-23-16-10-4-1-7-13(16)19(26-21)25-20-14-8-2-5-11-17(14)27-28-20;1-11(22-17)18-15-13-9-5-6-10-14(13)20-16(21-15)19-12-7-3-2-4-8-12;2*1-7(15-11)14-10-8-4-2-3-5-9(8)12-6-13-10/h1-12H,(H3,23,24,25,26,27,28);2-10H,17H2,1H3,(H2,18,19,20,21,22);2*2-6H,11H2,1H3,(H,12,13,14,15). The lowest BCUT2D eigenvalue weighted by Gasteiger charge is -2.11. The Balaban J connectivity index is 0.000000134. The van der Waals surface area contributed by atoms with Crippen LogP contribution in [0.15, 0.2) is 204 Å². The smallest absolute Gasteiger partial charge is 0.229 e. The van der Waals surface area contributed by atoms with Crippen LogP contribution in [0.25, 0.3) is 54.5 Å². The highest BCUT2D eigenvalue weighted by Crippen LogP contribution is 2.31. The quantitative estimate of drug-likeness (QED) is 0.0278. The van der Waals surface area contributed by atoms with Gasteiger partial charge < -0.3 is 32.2 Å². The molecule has 0 aliphatic carbocycles. The lowest BCUT2D eigenvalue weighted by Crippen LogP contribution is -2.27. The number of anilines is 6. The van der Waals surface area contributed by atoms with Crippen LogP contribution in [0.1, 0.15) is 20.8 Å². The van der Waals surface area contributed by atoms with E-state index in [4.69, 9.17) is 29.1 Å². The number of para-hydroxylation sites is 7. The van der Waals surface area contributed by atoms with Crippen molar-refractivity contribution in [2.45, 2.75) is 20.8 Å². The number of nitrogens with zero attached hydrogens (tertiary/aromatic N) is 12. The van der Waals surface area contributed by atoms with Gasteiger partial charge in [-0.05, 0) is 106 Å². The molecule has 22 nitrogen and oxygen atoms in total. The molecular formula is C57H53ClN22. The number of H-pyrrole nitrogens is 1. The Morgan fingerprint density at radius 3 is 1.44 bits per heavy atom. The van der Waals surface area contributed by atoms with Crippen molar-refractivity contribution in [2.24, 2.45) is 32.5 Å². The summed E-state index contributed by atoms with van der Waals surface area (Å²) in [6.07, 6.45) is 2.98. The molecule has 0 aliphatic heterocycles. The fraction of sp³-hybridized carbons (Fsp3) is 0.0526. The SMILES string of the molecule is CC(=Nc1nc(Nc2ccccc2)nc2ccccc12)NN.CC(=Nc1ncnc2ccccc12)NN.CC(=Nc1ncnc2ccccc12)NN.Clc1ccccc1Nc1nc(Nc2n[nH]c3ccccc23)c2ccccc2n1. The van der Waals surface area contributed by atoms with Gasteiger partial charge in [0, 0.05) is 32.6 Å². The maximum Gasteiger partial charge on any atom is 0.229 e. The number of hydrogen-bond acceptors (Lipinski definition) is 18. The molecule has 0 fully saturated rings. The highest BCUT2D eigenvalue weighted by atomic mass is 35.5. The molecule has 0 atom stereocenters. The van der Waals surface area contributed by atoms with Crippen LogP contribution in [0.4, 0.5) is 52.4 Å². The topological polar surface area (TPSA) is 319 Å². The summed E-state index contributed by atoms with van der Waals surface area (Å²) >= 11 is 6.26. The first-order chi connectivity index (χ1) is 39.2. The summed E-state index contributed by atoms with van der Waals surface area (Å²) in [7, 11) is 0. The molecule has 0 bridgehead atoms. The largest absolute Gasteiger partial charge is 0.324 e. The van der Waals surface area contributed by atoms with E-state index >= 15 is 0 Å². The lowest BCUT2D eigenvalue weighted by atomic mass is 10.2. The van der Waals surface area contributed by atoms with E-state index in [1.165, 1.54) is 12.7 Å². The minimum Gasteiger partial charge on any atom is -0.324 e. The van der Waals surface area contributed by atoms with Crippen molar-refractivity contribution < 1.29 is 0 Å². The molecule has 0 saturated carbocycles. The van der Waals surface area contributed by atoms with Gasteiger partial charge in [0.1, 0.15) is 36.0 Å². The Kier molecular flexibility index (Phi) is 17.9. The van der Waals surface area contributed by atoms with E-state index in [2.05, 4.69) is 97.3 Å². The van der Waals surface area contributed by atoms with Gasteiger partial charge >= 0.3 is 0 Å². The molecule has 23 heteroatoms. The highest BCUT2D eigenvalue weighted by molar-refractivity contribution is 6.33. The monoisotopic (exact) mass is 1080 g/mol. The van der Waals surface area contributed by atoms with Gasteiger partial charge in [0.15, 0.2) is 23.3 Å². The van der Waals surface area contributed by atoms with Gasteiger partial charge in [-0.15, -0.1) is 0 Å². The van der Waals surface area contributed by atoms with Crippen molar-refractivity contribution >= 4 is 136 Å². The fourth-order valence-corrected chi connectivity index (χ4v) is 7.85. The van der Waals surface area contributed by atoms with Crippen LogP contribution in [0.2, 0.25) is 5.02 Å². The zero-order chi connectivity index (χ0) is 55.6. The van der Waals surface area contributed by atoms with Gasteiger partial charge in [-0.1, -0.05) is 103 Å². The van der Waals surface area contributed by atoms with Gasteiger partial charge in [-0.2, -0.15) is 15.1 Å². The second kappa shape index (κ2) is 26.4. The van der Waals surface area contributed by atoms with E-state index in [9.17, 15) is 0 Å². The molecule has 0 radical (unpaired) electrons. The number of hydrazine groups is 3. The van der Waals surface area contributed by atoms with Gasteiger partial charge in [-0.3, -0.25) is 5.10 Å². The van der Waals surface area contributed by atoms with Crippen LogP contribution < -0.4 is 49.8 Å². The molecule has 0 aliphatic rings. The number of aromatic amines is 1. The number of rotatable bonds is 9. The zero-order valence-corrected chi connectivity index (χ0v) is 44.1. The van der Waals surface area contributed by atoms with E-state index in [0.717, 1.165) is 65.9 Å². The van der Waals surface area contributed by atoms with Crippen LogP contribution in [-0.2, 0) is 0 Å². The molecule has 7 aromatic carbocycles. The van der Waals surface area contributed by atoms with Gasteiger partial charge in [0.05, 0.1) is 38.3 Å². The molecule has 5 aromatic heterocycles. The van der Waals surface area contributed by atoms with Gasteiger partial charge in [0.2, 0.25) is 11.9 Å². The minimum absolute atomic E-state index is 0.453. The third-order valence-corrected chi connectivity index (χ3v) is 11.9. The molecule has 0 saturated heterocycles. The summed E-state index contributed by atoms with van der Waals surface area (Å²) in [5.74, 6) is 21.8. The average molecular weight is 1080 g/mol. The summed E-state index contributed by atoms with van der Waals surface area (Å²) < 4.78 is 0. The van der Waals surface area contributed by atoms with E-state index in [1.54, 1.807) is 20.8 Å². The van der Waals surface area contributed by atoms with Crippen LogP contribution in [0, 0.1) is 0 Å². The maximum absolute atomic E-state index is 6.26. The summed E-state index contributed by atoms with van der Waals surface area (Å²) in [4.78, 5) is 47.6. The zero-order valence-electron chi connectivity index (χ0n) is 43.4. The number of nitrogens with two attached hydrogens (primary N) is 3. The first kappa shape index (κ1) is 54.2.